The van der Waals surface area contributed by atoms with Crippen LogP contribution in [0.15, 0.2) is 24.3 Å². The van der Waals surface area contributed by atoms with Crippen LogP contribution in [0.5, 0.6) is 0 Å². The number of amides is 1. The lowest BCUT2D eigenvalue weighted by Crippen LogP contribution is -2.45. The highest BCUT2D eigenvalue weighted by molar-refractivity contribution is 5.68. The first-order valence-corrected chi connectivity index (χ1v) is 13.9. The normalized spacial score (nSPS) is 18.8. The van der Waals surface area contributed by atoms with Crippen LogP contribution >= 0.6 is 0 Å². The summed E-state index contributed by atoms with van der Waals surface area (Å²) in [4.78, 5) is 14.7. The van der Waals surface area contributed by atoms with E-state index in [1.54, 1.807) is 0 Å². The van der Waals surface area contributed by atoms with Crippen LogP contribution in [0.2, 0.25) is 0 Å². The number of carbonyl (C=O) groups is 1. The molecule has 188 valence electrons. The average molecular weight is 458 g/mol. The van der Waals surface area contributed by atoms with E-state index >= 15 is 0 Å². The number of carbonyl (C=O) groups excluding carboxylic acids is 1. The molecule has 0 saturated heterocycles. The largest absolute Gasteiger partial charge is 0.444 e. The molecule has 1 aromatic carbocycles. The summed E-state index contributed by atoms with van der Waals surface area (Å²) in [5.74, 6) is 0.625. The number of hydrogen-bond acceptors (Lipinski definition) is 2. The Morgan fingerprint density at radius 1 is 0.848 bits per heavy atom. The van der Waals surface area contributed by atoms with Gasteiger partial charge in [0, 0.05) is 12.6 Å². The maximum atomic E-state index is 12.7. The van der Waals surface area contributed by atoms with Crippen LogP contribution in [0, 0.1) is 0 Å². The van der Waals surface area contributed by atoms with Crippen LogP contribution in [-0.4, -0.2) is 29.2 Å². The first kappa shape index (κ1) is 27.7. The molecule has 1 aromatic rings. The van der Waals surface area contributed by atoms with Gasteiger partial charge in [-0.2, -0.15) is 0 Å². The second-order valence-corrected chi connectivity index (χ2v) is 11.1. The van der Waals surface area contributed by atoms with E-state index in [1.165, 1.54) is 68.9 Å². The number of unbranched alkanes of at least 4 members (excludes halogenated alkanes) is 7. The molecule has 2 rings (SSSR count). The van der Waals surface area contributed by atoms with E-state index in [0.29, 0.717) is 12.0 Å². The Morgan fingerprint density at radius 2 is 1.42 bits per heavy atom. The summed E-state index contributed by atoms with van der Waals surface area (Å²) in [6.45, 7) is 11.1. The van der Waals surface area contributed by atoms with Gasteiger partial charge in [0.05, 0.1) is 0 Å². The van der Waals surface area contributed by atoms with E-state index in [1.807, 2.05) is 25.7 Å². The molecule has 33 heavy (non-hydrogen) atoms. The van der Waals surface area contributed by atoms with Crippen LogP contribution in [0.1, 0.15) is 135 Å². The van der Waals surface area contributed by atoms with Crippen LogP contribution in [0.3, 0.4) is 0 Å². The lowest BCUT2D eigenvalue weighted by molar-refractivity contribution is 0.0115. The van der Waals surface area contributed by atoms with Gasteiger partial charge in [-0.25, -0.2) is 4.79 Å². The highest BCUT2D eigenvalue weighted by atomic mass is 16.6. The van der Waals surface area contributed by atoms with Crippen LogP contribution in [-0.2, 0) is 11.2 Å². The standard InChI is InChI=1S/C30H51NO2/c1-6-8-9-10-11-12-13-14-15-25-16-18-26(19-17-25)27-20-22-28(23-21-27)31(24-7-2)29(32)33-30(3,4)5/h16-19,27-28H,6-15,20-24H2,1-5H3. The Kier molecular flexibility index (Phi) is 12.3. The van der Waals surface area contributed by atoms with Crippen molar-refractivity contribution in [3.05, 3.63) is 35.4 Å². The molecule has 1 aliphatic rings. The highest BCUT2D eigenvalue weighted by Gasteiger charge is 2.31. The third kappa shape index (κ3) is 10.5. The smallest absolute Gasteiger partial charge is 0.410 e. The quantitative estimate of drug-likeness (QED) is 0.276. The van der Waals surface area contributed by atoms with Crippen LogP contribution < -0.4 is 0 Å². The SMILES string of the molecule is CCCCCCCCCCc1ccc(C2CCC(N(CCC)C(=O)OC(C)(C)C)CC2)cc1. The van der Waals surface area contributed by atoms with Gasteiger partial charge in [0.1, 0.15) is 5.60 Å². The minimum Gasteiger partial charge on any atom is -0.444 e. The lowest BCUT2D eigenvalue weighted by Gasteiger charge is -2.37. The molecular weight excluding hydrogens is 406 g/mol. The van der Waals surface area contributed by atoms with Gasteiger partial charge in [0.15, 0.2) is 0 Å². The summed E-state index contributed by atoms with van der Waals surface area (Å²) in [6.07, 6.45) is 17.5. The number of aryl methyl sites for hydroxylation is 1. The zero-order chi connectivity index (χ0) is 24.1. The van der Waals surface area contributed by atoms with E-state index in [-0.39, 0.29) is 6.09 Å². The zero-order valence-corrected chi connectivity index (χ0v) is 22.3. The maximum absolute atomic E-state index is 12.7. The fraction of sp³-hybridized carbons (Fsp3) is 0.767. The van der Waals surface area contributed by atoms with Gasteiger partial charge < -0.3 is 9.64 Å². The van der Waals surface area contributed by atoms with Crippen molar-refractivity contribution in [2.24, 2.45) is 0 Å². The van der Waals surface area contributed by atoms with Gasteiger partial charge >= 0.3 is 6.09 Å². The first-order valence-electron chi connectivity index (χ1n) is 13.9. The molecule has 0 aromatic heterocycles. The molecule has 3 nitrogen and oxygen atoms in total. The first-order chi connectivity index (χ1) is 15.8. The number of ether oxygens (including phenoxy) is 1. The monoisotopic (exact) mass is 457 g/mol. The van der Waals surface area contributed by atoms with Crippen molar-refractivity contribution in [3.8, 4) is 0 Å². The van der Waals surface area contributed by atoms with Crippen molar-refractivity contribution in [2.45, 2.75) is 142 Å². The van der Waals surface area contributed by atoms with Crippen molar-refractivity contribution >= 4 is 6.09 Å². The van der Waals surface area contributed by atoms with Gasteiger partial charge in [-0.1, -0.05) is 83.1 Å². The van der Waals surface area contributed by atoms with Crippen molar-refractivity contribution < 1.29 is 9.53 Å². The van der Waals surface area contributed by atoms with Crippen molar-refractivity contribution in [1.29, 1.82) is 0 Å². The van der Waals surface area contributed by atoms with E-state index in [0.717, 1.165) is 38.6 Å². The summed E-state index contributed by atoms with van der Waals surface area (Å²) >= 11 is 0. The highest BCUT2D eigenvalue weighted by Crippen LogP contribution is 2.35. The van der Waals surface area contributed by atoms with Crippen molar-refractivity contribution in [2.75, 3.05) is 6.54 Å². The van der Waals surface area contributed by atoms with E-state index in [2.05, 4.69) is 38.1 Å². The van der Waals surface area contributed by atoms with Gasteiger partial charge in [0.25, 0.3) is 0 Å². The fourth-order valence-electron chi connectivity index (χ4n) is 5.12. The lowest BCUT2D eigenvalue weighted by atomic mass is 9.81. The molecule has 0 heterocycles. The van der Waals surface area contributed by atoms with E-state index in [4.69, 9.17) is 4.74 Å². The Hall–Kier alpha value is -1.51. The molecule has 0 atom stereocenters. The van der Waals surface area contributed by atoms with Crippen LogP contribution in [0.25, 0.3) is 0 Å². The molecule has 1 aliphatic carbocycles. The Labute approximate surface area is 204 Å². The van der Waals surface area contributed by atoms with E-state index in [9.17, 15) is 4.79 Å². The summed E-state index contributed by atoms with van der Waals surface area (Å²) < 4.78 is 5.69. The molecule has 0 spiro atoms. The molecule has 0 unspecified atom stereocenters. The van der Waals surface area contributed by atoms with Gasteiger partial charge in [-0.3, -0.25) is 0 Å². The minimum absolute atomic E-state index is 0.141. The minimum atomic E-state index is -0.434. The topological polar surface area (TPSA) is 29.5 Å². The number of benzene rings is 1. The molecule has 3 heteroatoms. The molecule has 1 fully saturated rings. The van der Waals surface area contributed by atoms with Crippen molar-refractivity contribution in [1.82, 2.24) is 4.90 Å². The van der Waals surface area contributed by atoms with Crippen molar-refractivity contribution in [3.63, 3.8) is 0 Å². The molecular formula is C30H51NO2. The summed E-state index contributed by atoms with van der Waals surface area (Å²) in [5.41, 5.74) is 2.53. The average Bonchev–Trinajstić information content (AvgIpc) is 2.78. The van der Waals surface area contributed by atoms with E-state index < -0.39 is 5.60 Å². The molecule has 0 bridgehead atoms. The van der Waals surface area contributed by atoms with Gasteiger partial charge in [-0.05, 0) is 82.8 Å². The van der Waals surface area contributed by atoms with Gasteiger partial charge in [-0.15, -0.1) is 0 Å². The van der Waals surface area contributed by atoms with Gasteiger partial charge in [0.2, 0.25) is 0 Å². The Balaban J connectivity index is 1.74. The second kappa shape index (κ2) is 14.7. The molecule has 1 saturated carbocycles. The summed E-state index contributed by atoms with van der Waals surface area (Å²) in [5, 5.41) is 0. The third-order valence-corrected chi connectivity index (χ3v) is 7.00. The molecule has 1 amide bonds. The zero-order valence-electron chi connectivity index (χ0n) is 22.3. The third-order valence-electron chi connectivity index (χ3n) is 7.00. The molecule has 0 aliphatic heterocycles. The number of rotatable bonds is 13. The maximum Gasteiger partial charge on any atom is 0.410 e. The summed E-state index contributed by atoms with van der Waals surface area (Å²) in [6, 6.07) is 9.75. The predicted molar refractivity (Wildman–Crippen MR) is 141 cm³/mol. The number of hydrogen-bond donors (Lipinski definition) is 0. The molecule has 0 N–H and O–H groups in total. The Bertz CT molecular complexity index is 653. The predicted octanol–water partition coefficient (Wildman–Crippen LogP) is 9.04. The number of nitrogens with zero attached hydrogens (tertiary/aromatic N) is 1. The Morgan fingerprint density at radius 3 is 1.97 bits per heavy atom. The van der Waals surface area contributed by atoms with Crippen LogP contribution in [0.4, 0.5) is 4.79 Å². The molecule has 0 radical (unpaired) electrons. The summed E-state index contributed by atoms with van der Waals surface area (Å²) in [7, 11) is 0. The fourth-order valence-corrected chi connectivity index (χ4v) is 5.12. The second-order valence-electron chi connectivity index (χ2n) is 11.1.